The van der Waals surface area contributed by atoms with Gasteiger partial charge in [-0.1, -0.05) is 37.1 Å². The van der Waals surface area contributed by atoms with Crippen molar-refractivity contribution in [3.05, 3.63) is 65.2 Å². The number of rotatable bonds is 6. The Hall–Kier alpha value is -2.18. The van der Waals surface area contributed by atoms with Gasteiger partial charge in [0.1, 0.15) is 0 Å². The number of hydrogen-bond donors (Lipinski definition) is 1. The molecule has 1 atom stereocenters. The van der Waals surface area contributed by atoms with Crippen molar-refractivity contribution in [2.45, 2.75) is 50.1 Å². The number of likely N-dealkylation sites (tertiary alicyclic amines) is 1. The van der Waals surface area contributed by atoms with E-state index in [1.807, 2.05) is 31.2 Å². The maximum Gasteiger partial charge on any atom is 0.251 e. The second kappa shape index (κ2) is 9.55. The number of amides is 1. The first-order valence-electron chi connectivity index (χ1n) is 10.2. The predicted molar refractivity (Wildman–Crippen MR) is 116 cm³/mol. The highest BCUT2D eigenvalue weighted by molar-refractivity contribution is 7.90. The maximum atomic E-state index is 12.6. The predicted octanol–water partition coefficient (Wildman–Crippen LogP) is 3.96. The first-order chi connectivity index (χ1) is 13.8. The third-order valence-electron chi connectivity index (χ3n) is 5.48. The number of benzene rings is 2. The van der Waals surface area contributed by atoms with E-state index in [4.69, 9.17) is 0 Å². The minimum atomic E-state index is -3.22. The summed E-state index contributed by atoms with van der Waals surface area (Å²) in [5.41, 5.74) is 2.72. The van der Waals surface area contributed by atoms with E-state index in [9.17, 15) is 13.2 Å². The lowest BCUT2D eigenvalue weighted by molar-refractivity contribution is 0.0940. The van der Waals surface area contributed by atoms with Crippen molar-refractivity contribution in [1.82, 2.24) is 10.2 Å². The molecule has 0 aromatic heterocycles. The number of carbonyl (C=O) groups excluding carboxylic acids is 1. The van der Waals surface area contributed by atoms with Crippen LogP contribution in [0.4, 0.5) is 0 Å². The zero-order valence-corrected chi connectivity index (χ0v) is 18.0. The smallest absolute Gasteiger partial charge is 0.251 e. The summed E-state index contributed by atoms with van der Waals surface area (Å²) in [6, 6.07) is 14.2. The summed E-state index contributed by atoms with van der Waals surface area (Å²) in [5, 5.41) is 2.98. The SMILES string of the molecule is C[C@@H](NC(=O)c1ccc(CN2CCCCCC2)cc1)c1ccc(S(C)(=O)=O)cc1. The lowest BCUT2D eigenvalue weighted by atomic mass is 10.1. The highest BCUT2D eigenvalue weighted by Gasteiger charge is 2.14. The lowest BCUT2D eigenvalue weighted by Gasteiger charge is -2.20. The molecule has 1 aliphatic rings. The van der Waals surface area contributed by atoms with Crippen LogP contribution in [-0.4, -0.2) is 38.6 Å². The van der Waals surface area contributed by atoms with Gasteiger partial charge in [0.05, 0.1) is 10.9 Å². The van der Waals surface area contributed by atoms with Gasteiger partial charge in [0.2, 0.25) is 0 Å². The van der Waals surface area contributed by atoms with Crippen molar-refractivity contribution in [3.8, 4) is 0 Å². The van der Waals surface area contributed by atoms with Gasteiger partial charge in [0, 0.05) is 18.4 Å². The molecule has 0 unspecified atom stereocenters. The fourth-order valence-corrected chi connectivity index (χ4v) is 4.31. The summed E-state index contributed by atoms with van der Waals surface area (Å²) >= 11 is 0. The van der Waals surface area contributed by atoms with Crippen LogP contribution in [0.3, 0.4) is 0 Å². The highest BCUT2D eigenvalue weighted by Crippen LogP contribution is 2.18. The van der Waals surface area contributed by atoms with E-state index in [0.717, 1.165) is 25.2 Å². The minimum absolute atomic E-state index is 0.133. The average molecular weight is 415 g/mol. The molecular weight excluding hydrogens is 384 g/mol. The molecular formula is C23H30N2O3S. The zero-order valence-electron chi connectivity index (χ0n) is 17.2. The summed E-state index contributed by atoms with van der Waals surface area (Å²) < 4.78 is 23.1. The van der Waals surface area contributed by atoms with Crippen molar-refractivity contribution in [3.63, 3.8) is 0 Å². The fraction of sp³-hybridized carbons (Fsp3) is 0.435. The molecule has 1 fully saturated rings. The van der Waals surface area contributed by atoms with Gasteiger partial charge < -0.3 is 5.32 Å². The standard InChI is InChI=1S/C23H30N2O3S/c1-18(20-11-13-22(14-12-20)29(2,27)28)24-23(26)21-9-7-19(8-10-21)17-25-15-5-3-4-6-16-25/h7-14,18H,3-6,15-17H2,1-2H3,(H,24,26)/t18-/m1/s1. The molecule has 0 radical (unpaired) electrons. The van der Waals surface area contributed by atoms with Crippen LogP contribution in [0.15, 0.2) is 53.4 Å². The van der Waals surface area contributed by atoms with Crippen LogP contribution in [0.1, 0.15) is 60.1 Å². The molecule has 0 spiro atoms. The highest BCUT2D eigenvalue weighted by atomic mass is 32.2. The van der Waals surface area contributed by atoms with E-state index < -0.39 is 9.84 Å². The van der Waals surface area contributed by atoms with E-state index in [0.29, 0.717) is 5.56 Å². The maximum absolute atomic E-state index is 12.6. The molecule has 156 valence electrons. The Morgan fingerprint density at radius 3 is 2.10 bits per heavy atom. The van der Waals surface area contributed by atoms with Gasteiger partial charge >= 0.3 is 0 Å². The topological polar surface area (TPSA) is 66.5 Å². The number of nitrogens with one attached hydrogen (secondary N) is 1. The summed E-state index contributed by atoms with van der Waals surface area (Å²) in [7, 11) is -3.22. The van der Waals surface area contributed by atoms with Crippen molar-refractivity contribution in [2.75, 3.05) is 19.3 Å². The second-order valence-electron chi connectivity index (χ2n) is 7.92. The Balaban J connectivity index is 1.58. The van der Waals surface area contributed by atoms with Crippen molar-refractivity contribution in [1.29, 1.82) is 0 Å². The number of hydrogen-bond acceptors (Lipinski definition) is 4. The minimum Gasteiger partial charge on any atom is -0.346 e. The molecule has 29 heavy (non-hydrogen) atoms. The molecule has 1 heterocycles. The van der Waals surface area contributed by atoms with E-state index in [-0.39, 0.29) is 16.8 Å². The summed E-state index contributed by atoms with van der Waals surface area (Å²) in [6.07, 6.45) is 6.37. The molecule has 2 aromatic carbocycles. The van der Waals surface area contributed by atoms with Gasteiger partial charge in [-0.25, -0.2) is 8.42 Å². The van der Waals surface area contributed by atoms with E-state index in [2.05, 4.69) is 10.2 Å². The Labute approximate surface area is 174 Å². The first kappa shape index (κ1) is 21.5. The van der Waals surface area contributed by atoms with Crippen LogP contribution < -0.4 is 5.32 Å². The summed E-state index contributed by atoms with van der Waals surface area (Å²) in [4.78, 5) is 15.4. The van der Waals surface area contributed by atoms with Crippen LogP contribution in [-0.2, 0) is 16.4 Å². The molecule has 2 aromatic rings. The van der Waals surface area contributed by atoms with Crippen LogP contribution in [0.2, 0.25) is 0 Å². The molecule has 1 saturated heterocycles. The van der Waals surface area contributed by atoms with Crippen molar-refractivity contribution in [2.24, 2.45) is 0 Å². The quantitative estimate of drug-likeness (QED) is 0.777. The van der Waals surface area contributed by atoms with Gasteiger partial charge in [0.15, 0.2) is 9.84 Å². The molecule has 3 rings (SSSR count). The summed E-state index contributed by atoms with van der Waals surface area (Å²) in [5.74, 6) is -0.133. The third kappa shape index (κ3) is 6.15. The molecule has 1 N–H and O–H groups in total. The van der Waals surface area contributed by atoms with Crippen molar-refractivity contribution < 1.29 is 13.2 Å². The lowest BCUT2D eigenvalue weighted by Crippen LogP contribution is -2.27. The number of carbonyl (C=O) groups is 1. The van der Waals surface area contributed by atoms with Crippen LogP contribution in [0.25, 0.3) is 0 Å². The average Bonchev–Trinajstić information content (AvgIpc) is 2.96. The normalized spacial score (nSPS) is 16.8. The zero-order chi connectivity index (χ0) is 20.9. The summed E-state index contributed by atoms with van der Waals surface area (Å²) in [6.45, 7) is 5.13. The molecule has 0 bridgehead atoms. The molecule has 0 aliphatic carbocycles. The Morgan fingerprint density at radius 1 is 0.966 bits per heavy atom. The third-order valence-corrected chi connectivity index (χ3v) is 6.61. The Morgan fingerprint density at radius 2 is 1.55 bits per heavy atom. The largest absolute Gasteiger partial charge is 0.346 e. The number of nitrogens with zero attached hydrogens (tertiary/aromatic N) is 1. The monoisotopic (exact) mass is 414 g/mol. The van der Waals surface area contributed by atoms with Crippen molar-refractivity contribution >= 4 is 15.7 Å². The molecule has 6 heteroatoms. The van der Waals surface area contributed by atoms with Gasteiger partial charge in [-0.2, -0.15) is 0 Å². The Bertz CT molecular complexity index is 914. The molecule has 0 saturated carbocycles. The van der Waals surface area contributed by atoms with Gasteiger partial charge in [-0.3, -0.25) is 9.69 Å². The van der Waals surface area contributed by atoms with E-state index in [1.165, 1.54) is 37.5 Å². The molecule has 1 aliphatic heterocycles. The fourth-order valence-electron chi connectivity index (χ4n) is 3.68. The second-order valence-corrected chi connectivity index (χ2v) is 9.94. The van der Waals surface area contributed by atoms with Gasteiger partial charge in [0.25, 0.3) is 5.91 Å². The van der Waals surface area contributed by atoms with Gasteiger partial charge in [-0.05, 0) is 68.2 Å². The van der Waals surface area contributed by atoms with Crippen LogP contribution in [0, 0.1) is 0 Å². The molecule has 1 amide bonds. The van der Waals surface area contributed by atoms with E-state index >= 15 is 0 Å². The first-order valence-corrected chi connectivity index (χ1v) is 12.1. The number of sulfone groups is 1. The van der Waals surface area contributed by atoms with E-state index in [1.54, 1.807) is 24.3 Å². The van der Waals surface area contributed by atoms with Crippen LogP contribution in [0.5, 0.6) is 0 Å². The van der Waals surface area contributed by atoms with Gasteiger partial charge in [-0.15, -0.1) is 0 Å². The van der Waals surface area contributed by atoms with Crippen LogP contribution >= 0.6 is 0 Å². The molecule has 5 nitrogen and oxygen atoms in total. The Kier molecular flexibility index (Phi) is 7.09.